The average Bonchev–Trinajstić information content (AvgIpc) is 3.00. The van der Waals surface area contributed by atoms with Crippen molar-refractivity contribution in [1.29, 1.82) is 0 Å². The van der Waals surface area contributed by atoms with Gasteiger partial charge in [0.15, 0.2) is 0 Å². The van der Waals surface area contributed by atoms with Crippen molar-refractivity contribution in [3.8, 4) is 0 Å². The van der Waals surface area contributed by atoms with Gasteiger partial charge in [-0.05, 0) is 43.6 Å². The van der Waals surface area contributed by atoms with Crippen molar-refractivity contribution in [2.75, 3.05) is 25.4 Å². The van der Waals surface area contributed by atoms with Crippen LogP contribution in [0.2, 0.25) is 0 Å². The Hall–Kier alpha value is -1.01. The summed E-state index contributed by atoms with van der Waals surface area (Å²) in [6.07, 6.45) is 9.61. The summed E-state index contributed by atoms with van der Waals surface area (Å²) in [6.45, 7) is 2.58. The van der Waals surface area contributed by atoms with E-state index in [9.17, 15) is 4.79 Å². The van der Waals surface area contributed by atoms with Gasteiger partial charge < -0.3 is 9.64 Å². The zero-order chi connectivity index (χ0) is 15.4. The van der Waals surface area contributed by atoms with Crippen LogP contribution in [0.4, 0.5) is 0 Å². The first-order valence-electron chi connectivity index (χ1n) is 8.22. The molecule has 2 aliphatic heterocycles. The van der Waals surface area contributed by atoms with Crippen molar-refractivity contribution in [3.63, 3.8) is 0 Å². The fraction of sp³-hybridized carbons (Fsp3) is 0.750. The van der Waals surface area contributed by atoms with Crippen molar-refractivity contribution in [3.05, 3.63) is 18.0 Å². The molecule has 1 atom stereocenters. The number of aryl methyl sites for hydroxylation is 1. The van der Waals surface area contributed by atoms with Crippen molar-refractivity contribution in [2.24, 2.45) is 7.05 Å². The summed E-state index contributed by atoms with van der Waals surface area (Å²) in [5, 5.41) is 4.25. The van der Waals surface area contributed by atoms with Gasteiger partial charge in [-0.3, -0.25) is 9.48 Å². The Balaban J connectivity index is 1.41. The normalized spacial score (nSPS) is 23.7. The van der Waals surface area contributed by atoms with Crippen LogP contribution in [-0.4, -0.2) is 51.5 Å². The standard InChI is InChI=1S/C16H25N3O2S/c1-18-11-14(10-17-18)13-5-7-19(8-6-13)15(20)12-22-16-4-2-3-9-21-16/h10-11,13,16H,2-9,12H2,1H3. The number of nitrogens with zero attached hydrogens (tertiary/aromatic N) is 3. The van der Waals surface area contributed by atoms with E-state index in [0.29, 0.717) is 11.7 Å². The lowest BCUT2D eigenvalue weighted by atomic mass is 9.91. The van der Waals surface area contributed by atoms with E-state index in [2.05, 4.69) is 11.3 Å². The van der Waals surface area contributed by atoms with Crippen LogP contribution in [0.1, 0.15) is 43.6 Å². The Morgan fingerprint density at radius 3 is 2.82 bits per heavy atom. The Bertz CT molecular complexity index is 491. The maximum absolute atomic E-state index is 12.3. The maximum atomic E-state index is 12.3. The number of hydrogen-bond donors (Lipinski definition) is 0. The third kappa shape index (κ3) is 4.04. The second-order valence-corrected chi connectivity index (χ2v) is 7.36. The zero-order valence-corrected chi connectivity index (χ0v) is 14.1. The highest BCUT2D eigenvalue weighted by Crippen LogP contribution is 2.28. The fourth-order valence-electron chi connectivity index (χ4n) is 3.21. The number of hydrogen-bond acceptors (Lipinski definition) is 4. The van der Waals surface area contributed by atoms with E-state index in [1.165, 1.54) is 12.0 Å². The fourth-order valence-corrected chi connectivity index (χ4v) is 4.25. The van der Waals surface area contributed by atoms with Crippen LogP contribution >= 0.6 is 11.8 Å². The van der Waals surface area contributed by atoms with Crippen LogP contribution in [0.3, 0.4) is 0 Å². The molecule has 0 aliphatic carbocycles. The molecule has 5 nitrogen and oxygen atoms in total. The molecule has 0 saturated carbocycles. The molecule has 1 aromatic rings. The van der Waals surface area contributed by atoms with Gasteiger partial charge in [0.2, 0.25) is 5.91 Å². The smallest absolute Gasteiger partial charge is 0.232 e. The van der Waals surface area contributed by atoms with Gasteiger partial charge in [0, 0.05) is 32.9 Å². The van der Waals surface area contributed by atoms with Crippen molar-refractivity contribution < 1.29 is 9.53 Å². The summed E-state index contributed by atoms with van der Waals surface area (Å²) in [7, 11) is 1.95. The molecule has 3 heterocycles. The molecule has 0 aromatic carbocycles. The highest BCUT2D eigenvalue weighted by atomic mass is 32.2. The summed E-state index contributed by atoms with van der Waals surface area (Å²) < 4.78 is 7.53. The van der Waals surface area contributed by atoms with Crippen LogP contribution in [0.5, 0.6) is 0 Å². The van der Waals surface area contributed by atoms with Gasteiger partial charge in [0.05, 0.1) is 11.9 Å². The number of aromatic nitrogens is 2. The second-order valence-electron chi connectivity index (χ2n) is 6.21. The van der Waals surface area contributed by atoms with Crippen LogP contribution in [0.15, 0.2) is 12.4 Å². The Morgan fingerprint density at radius 1 is 1.36 bits per heavy atom. The van der Waals surface area contributed by atoms with Crippen LogP contribution in [0.25, 0.3) is 0 Å². The summed E-state index contributed by atoms with van der Waals surface area (Å²) in [4.78, 5) is 14.3. The molecule has 0 radical (unpaired) electrons. The molecule has 0 spiro atoms. The van der Waals surface area contributed by atoms with E-state index in [-0.39, 0.29) is 11.3 Å². The van der Waals surface area contributed by atoms with Crippen molar-refractivity contribution >= 4 is 17.7 Å². The van der Waals surface area contributed by atoms with Gasteiger partial charge in [0.25, 0.3) is 0 Å². The predicted octanol–water partition coefficient (Wildman–Crippen LogP) is 2.39. The van der Waals surface area contributed by atoms with E-state index in [4.69, 9.17) is 4.74 Å². The highest BCUT2D eigenvalue weighted by molar-refractivity contribution is 8.00. The Kier molecular flexibility index (Phi) is 5.41. The molecule has 122 valence electrons. The number of carbonyl (C=O) groups excluding carboxylic acids is 1. The molecule has 6 heteroatoms. The third-order valence-corrected chi connectivity index (χ3v) is 5.73. The van der Waals surface area contributed by atoms with Crippen molar-refractivity contribution in [1.82, 2.24) is 14.7 Å². The van der Waals surface area contributed by atoms with Gasteiger partial charge in [-0.1, -0.05) is 0 Å². The zero-order valence-electron chi connectivity index (χ0n) is 13.2. The molecule has 0 N–H and O–H groups in total. The minimum Gasteiger partial charge on any atom is -0.368 e. The van der Waals surface area contributed by atoms with Gasteiger partial charge in [-0.25, -0.2) is 0 Å². The first-order chi connectivity index (χ1) is 10.7. The van der Waals surface area contributed by atoms with E-state index in [1.807, 2.05) is 22.8 Å². The minimum absolute atomic E-state index is 0.227. The number of piperidine rings is 1. The van der Waals surface area contributed by atoms with Gasteiger partial charge in [-0.15, -0.1) is 11.8 Å². The lowest BCUT2D eigenvalue weighted by Gasteiger charge is -2.32. The van der Waals surface area contributed by atoms with E-state index < -0.39 is 0 Å². The minimum atomic E-state index is 0.227. The number of thioether (sulfide) groups is 1. The number of ether oxygens (including phenoxy) is 1. The lowest BCUT2D eigenvalue weighted by Crippen LogP contribution is -2.39. The number of carbonyl (C=O) groups is 1. The largest absolute Gasteiger partial charge is 0.368 e. The molecule has 1 aromatic heterocycles. The van der Waals surface area contributed by atoms with E-state index >= 15 is 0 Å². The van der Waals surface area contributed by atoms with E-state index in [1.54, 1.807) is 11.8 Å². The lowest BCUT2D eigenvalue weighted by molar-refractivity contribution is -0.129. The third-order valence-electron chi connectivity index (χ3n) is 4.57. The SMILES string of the molecule is Cn1cc(C2CCN(C(=O)CSC3CCCCO3)CC2)cn1. The molecular weight excluding hydrogens is 298 g/mol. The molecule has 2 aliphatic rings. The van der Waals surface area contributed by atoms with Gasteiger partial charge >= 0.3 is 0 Å². The Morgan fingerprint density at radius 2 is 2.18 bits per heavy atom. The Labute approximate surface area is 136 Å². The topological polar surface area (TPSA) is 47.4 Å². The molecule has 1 unspecified atom stereocenters. The second kappa shape index (κ2) is 7.51. The van der Waals surface area contributed by atoms with Gasteiger partial charge in [0.1, 0.15) is 5.44 Å². The molecule has 0 bridgehead atoms. The molecule has 1 amide bonds. The highest BCUT2D eigenvalue weighted by Gasteiger charge is 2.25. The van der Waals surface area contributed by atoms with Gasteiger partial charge in [-0.2, -0.15) is 5.10 Å². The van der Waals surface area contributed by atoms with E-state index in [0.717, 1.165) is 45.4 Å². The summed E-state index contributed by atoms with van der Waals surface area (Å²) in [5.41, 5.74) is 1.53. The predicted molar refractivity (Wildman–Crippen MR) is 87.8 cm³/mol. The van der Waals surface area contributed by atoms with Crippen LogP contribution < -0.4 is 0 Å². The molecular formula is C16H25N3O2S. The number of likely N-dealkylation sites (tertiary alicyclic amines) is 1. The summed E-state index contributed by atoms with van der Waals surface area (Å²) in [5.74, 6) is 1.37. The quantitative estimate of drug-likeness (QED) is 0.853. The number of amides is 1. The average molecular weight is 323 g/mol. The maximum Gasteiger partial charge on any atom is 0.232 e. The van der Waals surface area contributed by atoms with Crippen LogP contribution in [-0.2, 0) is 16.6 Å². The molecule has 2 fully saturated rings. The molecule has 2 saturated heterocycles. The molecule has 3 rings (SSSR count). The summed E-state index contributed by atoms with van der Waals surface area (Å²) in [6, 6.07) is 0. The first kappa shape index (κ1) is 15.9. The van der Waals surface area contributed by atoms with Crippen molar-refractivity contribution in [2.45, 2.75) is 43.5 Å². The monoisotopic (exact) mass is 323 g/mol. The summed E-state index contributed by atoms with van der Waals surface area (Å²) >= 11 is 1.67. The van der Waals surface area contributed by atoms with Crippen LogP contribution in [0, 0.1) is 0 Å². The molecule has 22 heavy (non-hydrogen) atoms. The first-order valence-corrected chi connectivity index (χ1v) is 9.27. The number of rotatable bonds is 4.